The molecule has 18 heavy (non-hydrogen) atoms. The summed E-state index contributed by atoms with van der Waals surface area (Å²) in [6.45, 7) is 4.32. The molecule has 0 heterocycles. The number of hydrogen-bond donors (Lipinski definition) is 1. The normalized spacial score (nSPS) is 25.7. The smallest absolute Gasteiger partial charge is 0.335 e. The summed E-state index contributed by atoms with van der Waals surface area (Å²) in [6, 6.07) is 0.608. The van der Waals surface area contributed by atoms with Crippen molar-refractivity contribution in [2.24, 2.45) is 0 Å². The van der Waals surface area contributed by atoms with E-state index >= 15 is 0 Å². The molecule has 0 radical (unpaired) electrons. The lowest BCUT2D eigenvalue weighted by Gasteiger charge is -2.30. The van der Waals surface area contributed by atoms with Gasteiger partial charge in [-0.05, 0) is 46.1 Å². The van der Waals surface area contributed by atoms with Crippen molar-refractivity contribution in [3.05, 3.63) is 0 Å². The SMILES string of the molecule is CCCC(OC1CCC(NC)CC1)C(=O)OCC. The van der Waals surface area contributed by atoms with E-state index in [0.29, 0.717) is 12.6 Å². The highest BCUT2D eigenvalue weighted by Gasteiger charge is 2.27. The lowest BCUT2D eigenvalue weighted by molar-refractivity contribution is -0.162. The number of nitrogens with one attached hydrogen (secondary N) is 1. The van der Waals surface area contributed by atoms with Crippen LogP contribution in [0.25, 0.3) is 0 Å². The molecule has 1 saturated carbocycles. The topological polar surface area (TPSA) is 47.6 Å². The molecule has 0 aromatic carbocycles. The Bertz CT molecular complexity index is 237. The minimum atomic E-state index is -0.369. The van der Waals surface area contributed by atoms with Crippen LogP contribution in [-0.4, -0.2) is 37.9 Å². The minimum absolute atomic E-state index is 0.199. The third-order valence-electron chi connectivity index (χ3n) is 3.54. The molecule has 1 aliphatic carbocycles. The largest absolute Gasteiger partial charge is 0.464 e. The first-order chi connectivity index (χ1) is 8.71. The van der Waals surface area contributed by atoms with Crippen LogP contribution in [-0.2, 0) is 14.3 Å². The second-order valence-electron chi connectivity index (χ2n) is 4.93. The number of carbonyl (C=O) groups is 1. The van der Waals surface area contributed by atoms with Gasteiger partial charge >= 0.3 is 5.97 Å². The quantitative estimate of drug-likeness (QED) is 0.711. The molecule has 0 aromatic rings. The molecule has 1 N–H and O–H groups in total. The highest BCUT2D eigenvalue weighted by molar-refractivity contribution is 5.74. The van der Waals surface area contributed by atoms with E-state index in [1.54, 1.807) is 0 Å². The molecule has 0 aliphatic heterocycles. The van der Waals surface area contributed by atoms with Crippen LogP contribution >= 0.6 is 0 Å². The highest BCUT2D eigenvalue weighted by Crippen LogP contribution is 2.23. The zero-order valence-electron chi connectivity index (χ0n) is 11.9. The Morgan fingerprint density at radius 2 is 1.94 bits per heavy atom. The number of carbonyl (C=O) groups excluding carboxylic acids is 1. The summed E-state index contributed by atoms with van der Waals surface area (Å²) in [5.74, 6) is -0.199. The maximum absolute atomic E-state index is 11.8. The maximum Gasteiger partial charge on any atom is 0.335 e. The lowest BCUT2D eigenvalue weighted by atomic mass is 9.93. The first-order valence-corrected chi connectivity index (χ1v) is 7.20. The first-order valence-electron chi connectivity index (χ1n) is 7.20. The molecule has 0 spiro atoms. The van der Waals surface area contributed by atoms with E-state index in [4.69, 9.17) is 9.47 Å². The Kier molecular flexibility index (Phi) is 7.28. The molecule has 1 rings (SSSR count). The zero-order chi connectivity index (χ0) is 13.4. The summed E-state index contributed by atoms with van der Waals surface area (Å²) in [5, 5.41) is 3.30. The Labute approximate surface area is 110 Å². The van der Waals surface area contributed by atoms with Crippen molar-refractivity contribution in [2.45, 2.75) is 70.6 Å². The highest BCUT2D eigenvalue weighted by atomic mass is 16.6. The van der Waals surface area contributed by atoms with Crippen molar-refractivity contribution < 1.29 is 14.3 Å². The molecule has 0 saturated heterocycles. The molecular weight excluding hydrogens is 230 g/mol. The van der Waals surface area contributed by atoms with Gasteiger partial charge in [0, 0.05) is 6.04 Å². The number of rotatable bonds is 7. The van der Waals surface area contributed by atoms with Gasteiger partial charge in [-0.15, -0.1) is 0 Å². The molecule has 0 bridgehead atoms. The summed E-state index contributed by atoms with van der Waals surface area (Å²) in [5.41, 5.74) is 0. The molecule has 1 fully saturated rings. The van der Waals surface area contributed by atoms with Crippen LogP contribution in [0.3, 0.4) is 0 Å². The summed E-state index contributed by atoms with van der Waals surface area (Å²) >= 11 is 0. The van der Waals surface area contributed by atoms with Gasteiger partial charge in [-0.25, -0.2) is 4.79 Å². The van der Waals surface area contributed by atoms with Gasteiger partial charge in [0.2, 0.25) is 0 Å². The van der Waals surface area contributed by atoms with Crippen molar-refractivity contribution in [1.82, 2.24) is 5.32 Å². The maximum atomic E-state index is 11.8. The molecule has 106 valence electrons. The summed E-state index contributed by atoms with van der Waals surface area (Å²) in [6.07, 6.45) is 5.86. The van der Waals surface area contributed by atoms with Crippen molar-refractivity contribution in [3.63, 3.8) is 0 Å². The monoisotopic (exact) mass is 257 g/mol. The van der Waals surface area contributed by atoms with Crippen LogP contribution < -0.4 is 5.32 Å². The van der Waals surface area contributed by atoms with Gasteiger partial charge < -0.3 is 14.8 Å². The van der Waals surface area contributed by atoms with E-state index in [-0.39, 0.29) is 18.2 Å². The van der Waals surface area contributed by atoms with Gasteiger partial charge in [-0.2, -0.15) is 0 Å². The van der Waals surface area contributed by atoms with Crippen LogP contribution in [0.5, 0.6) is 0 Å². The Morgan fingerprint density at radius 3 is 2.44 bits per heavy atom. The average Bonchev–Trinajstić information content (AvgIpc) is 2.39. The van der Waals surface area contributed by atoms with Gasteiger partial charge in [0.15, 0.2) is 6.10 Å². The van der Waals surface area contributed by atoms with Gasteiger partial charge in [0.25, 0.3) is 0 Å². The molecule has 4 nitrogen and oxygen atoms in total. The molecule has 1 unspecified atom stereocenters. The van der Waals surface area contributed by atoms with Gasteiger partial charge in [-0.1, -0.05) is 13.3 Å². The molecule has 0 aromatic heterocycles. The Hall–Kier alpha value is -0.610. The van der Waals surface area contributed by atoms with Crippen molar-refractivity contribution in [3.8, 4) is 0 Å². The minimum Gasteiger partial charge on any atom is -0.464 e. The van der Waals surface area contributed by atoms with Crippen molar-refractivity contribution >= 4 is 5.97 Å². The summed E-state index contributed by atoms with van der Waals surface area (Å²) < 4.78 is 11.0. The van der Waals surface area contributed by atoms with Crippen LogP contribution in [0.15, 0.2) is 0 Å². The standard InChI is InChI=1S/C14H27NO3/c1-4-6-13(14(16)17-5-2)18-12-9-7-11(15-3)8-10-12/h11-13,15H,4-10H2,1-3H3. The second kappa shape index (κ2) is 8.48. The van der Waals surface area contributed by atoms with E-state index in [0.717, 1.165) is 38.5 Å². The van der Waals surface area contributed by atoms with Crippen molar-refractivity contribution in [1.29, 1.82) is 0 Å². The first kappa shape index (κ1) is 15.4. The van der Waals surface area contributed by atoms with Gasteiger partial charge in [-0.3, -0.25) is 0 Å². The Balaban J connectivity index is 2.39. The predicted octanol–water partition coefficient (Wildman–Crippen LogP) is 2.27. The number of ether oxygens (including phenoxy) is 2. The average molecular weight is 257 g/mol. The molecule has 1 aliphatic rings. The van der Waals surface area contributed by atoms with Gasteiger partial charge in [0.1, 0.15) is 0 Å². The Morgan fingerprint density at radius 1 is 1.28 bits per heavy atom. The summed E-state index contributed by atoms with van der Waals surface area (Å²) in [4.78, 5) is 11.8. The fourth-order valence-electron chi connectivity index (χ4n) is 2.46. The third-order valence-corrected chi connectivity index (χ3v) is 3.54. The fourth-order valence-corrected chi connectivity index (χ4v) is 2.46. The van der Waals surface area contributed by atoms with Crippen molar-refractivity contribution in [2.75, 3.05) is 13.7 Å². The second-order valence-corrected chi connectivity index (χ2v) is 4.93. The molecule has 1 atom stereocenters. The zero-order valence-corrected chi connectivity index (χ0v) is 11.9. The number of esters is 1. The van der Waals surface area contributed by atoms with E-state index in [1.807, 2.05) is 14.0 Å². The molecule has 0 amide bonds. The lowest BCUT2D eigenvalue weighted by Crippen LogP contribution is -2.37. The molecule has 4 heteroatoms. The van der Waals surface area contributed by atoms with E-state index < -0.39 is 0 Å². The van der Waals surface area contributed by atoms with E-state index in [9.17, 15) is 4.79 Å². The predicted molar refractivity (Wildman–Crippen MR) is 71.5 cm³/mol. The van der Waals surface area contributed by atoms with Crippen LogP contribution in [0.4, 0.5) is 0 Å². The van der Waals surface area contributed by atoms with Gasteiger partial charge in [0.05, 0.1) is 12.7 Å². The number of hydrogen-bond acceptors (Lipinski definition) is 4. The van der Waals surface area contributed by atoms with Crippen LogP contribution in [0.1, 0.15) is 52.4 Å². The summed E-state index contributed by atoms with van der Waals surface area (Å²) in [7, 11) is 2.00. The fraction of sp³-hybridized carbons (Fsp3) is 0.929. The van der Waals surface area contributed by atoms with E-state index in [2.05, 4.69) is 12.2 Å². The van der Waals surface area contributed by atoms with Crippen LogP contribution in [0.2, 0.25) is 0 Å². The molecular formula is C14H27NO3. The third kappa shape index (κ3) is 4.94. The van der Waals surface area contributed by atoms with E-state index in [1.165, 1.54) is 0 Å². The van der Waals surface area contributed by atoms with Crippen LogP contribution in [0, 0.1) is 0 Å².